The number of amides is 2. The van der Waals surface area contributed by atoms with E-state index < -0.39 is 17.0 Å². The number of esters is 1. The zero-order valence-corrected chi connectivity index (χ0v) is 16.8. The highest BCUT2D eigenvalue weighted by molar-refractivity contribution is 7.79. The van der Waals surface area contributed by atoms with E-state index in [9.17, 15) is 18.4 Å². The molecule has 0 radical (unpaired) electrons. The second kappa shape index (κ2) is 8.15. The molecule has 0 bridgehead atoms. The average Bonchev–Trinajstić information content (AvgIpc) is 3.11. The molecule has 1 N–H and O–H groups in total. The predicted molar refractivity (Wildman–Crippen MR) is 103 cm³/mol. The van der Waals surface area contributed by atoms with E-state index in [1.165, 1.54) is 17.2 Å². The molecule has 1 aliphatic rings. The van der Waals surface area contributed by atoms with E-state index in [0.717, 1.165) is 0 Å². The molecule has 0 spiro atoms. The van der Waals surface area contributed by atoms with Crippen molar-refractivity contribution >= 4 is 34.4 Å². The Morgan fingerprint density at radius 2 is 1.93 bits per heavy atom. The molecule has 1 atom stereocenters. The third-order valence-corrected chi connectivity index (χ3v) is 5.17. The Morgan fingerprint density at radius 1 is 1.25 bits per heavy atom. The molecular weight excluding hydrogens is 386 g/mol. The number of carbonyl (C=O) groups is 2. The summed E-state index contributed by atoms with van der Waals surface area (Å²) in [5, 5.41) is 4.28. The number of ether oxygens (including phenoxy) is 1. The molecule has 152 valence electrons. The Balaban J connectivity index is 1.96. The maximum absolute atomic E-state index is 12.2. The average molecular weight is 409 g/mol. The number of carbonyl (C=O) groups excluding carboxylic acids is 2. The largest absolute Gasteiger partial charge is 0.462 e. The summed E-state index contributed by atoms with van der Waals surface area (Å²) < 4.78 is 27.9. The van der Waals surface area contributed by atoms with Crippen LogP contribution in [0.25, 0.3) is 5.52 Å². The van der Waals surface area contributed by atoms with Crippen molar-refractivity contribution in [3.8, 4) is 0 Å². The summed E-state index contributed by atoms with van der Waals surface area (Å²) in [4.78, 5) is 29.7. The molecule has 1 saturated heterocycles. The summed E-state index contributed by atoms with van der Waals surface area (Å²) in [5.74, 6) is 0.0492. The minimum Gasteiger partial charge on any atom is -0.462 e. The molecule has 1 unspecified atom stereocenters. The fourth-order valence-corrected chi connectivity index (χ4v) is 3.56. The number of aromatic nitrogens is 2. The van der Waals surface area contributed by atoms with Crippen LogP contribution in [-0.2, 0) is 15.8 Å². The molecule has 1 fully saturated rings. The maximum Gasteiger partial charge on any atom is 0.341 e. The van der Waals surface area contributed by atoms with Crippen LogP contribution in [0.2, 0.25) is 0 Å². The molecule has 1 aliphatic heterocycles. The Labute approximate surface area is 164 Å². The first-order valence-corrected chi connectivity index (χ1v) is 9.95. The van der Waals surface area contributed by atoms with Crippen molar-refractivity contribution in [2.45, 2.75) is 11.8 Å². The zero-order valence-electron chi connectivity index (χ0n) is 16.0. The van der Waals surface area contributed by atoms with Gasteiger partial charge in [0.1, 0.15) is 11.4 Å². The molecule has 0 aromatic carbocycles. The first kappa shape index (κ1) is 20.1. The van der Waals surface area contributed by atoms with Crippen molar-refractivity contribution in [3.05, 3.63) is 23.9 Å². The van der Waals surface area contributed by atoms with Gasteiger partial charge in [0.05, 0.1) is 23.2 Å². The van der Waals surface area contributed by atoms with Crippen LogP contribution in [0.4, 0.5) is 10.6 Å². The van der Waals surface area contributed by atoms with E-state index in [0.29, 0.717) is 37.5 Å². The molecule has 0 aliphatic carbocycles. The van der Waals surface area contributed by atoms with Gasteiger partial charge in [-0.1, -0.05) is 0 Å². The predicted octanol–water partition coefficient (Wildman–Crippen LogP) is 0.895. The molecule has 28 heavy (non-hydrogen) atoms. The molecule has 2 aromatic rings. The number of hydrogen-bond donors (Lipinski definition) is 1. The Hall–Kier alpha value is -2.66. The van der Waals surface area contributed by atoms with Gasteiger partial charge in [0, 0.05) is 40.3 Å². The van der Waals surface area contributed by atoms with Gasteiger partial charge in [-0.05, 0) is 19.1 Å². The fraction of sp³-hybridized carbons (Fsp3) is 0.471. The van der Waals surface area contributed by atoms with Crippen LogP contribution >= 0.6 is 0 Å². The van der Waals surface area contributed by atoms with Crippen LogP contribution in [0.3, 0.4) is 0 Å². The van der Waals surface area contributed by atoms with Gasteiger partial charge in [0.15, 0.2) is 11.1 Å². The lowest BCUT2D eigenvalue weighted by atomic mass is 10.2. The van der Waals surface area contributed by atoms with Gasteiger partial charge in [-0.25, -0.2) is 18.3 Å². The Morgan fingerprint density at radius 3 is 2.50 bits per heavy atom. The van der Waals surface area contributed by atoms with E-state index in [4.69, 9.17) is 4.74 Å². The maximum atomic E-state index is 12.2. The van der Waals surface area contributed by atoms with Gasteiger partial charge in [0.25, 0.3) is 0 Å². The smallest absolute Gasteiger partial charge is 0.341 e. The van der Waals surface area contributed by atoms with Crippen LogP contribution < -0.4 is 4.90 Å². The van der Waals surface area contributed by atoms with Crippen molar-refractivity contribution in [2.75, 3.05) is 51.8 Å². The highest BCUT2D eigenvalue weighted by Gasteiger charge is 2.26. The van der Waals surface area contributed by atoms with Crippen LogP contribution in [0.5, 0.6) is 0 Å². The molecule has 2 amide bonds. The normalized spacial score (nSPS) is 15.6. The number of urea groups is 1. The summed E-state index contributed by atoms with van der Waals surface area (Å²) in [6, 6.07) is 2.98. The van der Waals surface area contributed by atoms with Gasteiger partial charge < -0.3 is 24.0 Å². The number of piperazine rings is 1. The summed E-state index contributed by atoms with van der Waals surface area (Å²) in [6.07, 6.45) is 1.40. The van der Waals surface area contributed by atoms with Crippen molar-refractivity contribution in [2.24, 2.45) is 0 Å². The quantitative estimate of drug-likeness (QED) is 0.590. The van der Waals surface area contributed by atoms with Crippen molar-refractivity contribution < 1.29 is 23.1 Å². The number of rotatable bonds is 4. The number of fused-ring (bicyclic) bond motifs is 1. The summed E-state index contributed by atoms with van der Waals surface area (Å²) in [5.41, 5.74) is 0.636. The minimum absolute atomic E-state index is 0.0568. The van der Waals surface area contributed by atoms with Crippen LogP contribution in [0.15, 0.2) is 23.2 Å². The molecule has 3 heterocycles. The van der Waals surface area contributed by atoms with Crippen molar-refractivity contribution in [1.82, 2.24) is 19.4 Å². The highest BCUT2D eigenvalue weighted by atomic mass is 32.2. The molecule has 3 rings (SSSR count). The van der Waals surface area contributed by atoms with E-state index in [1.807, 2.05) is 4.90 Å². The molecule has 10 nitrogen and oxygen atoms in total. The SMILES string of the molecule is CCOC(=O)c1cnn2c(N3CCN(C(=O)N(C)C)CC3)cc(S(=O)O)cc12. The van der Waals surface area contributed by atoms with Gasteiger partial charge in [-0.3, -0.25) is 0 Å². The lowest BCUT2D eigenvalue weighted by molar-refractivity contribution is 0.0528. The van der Waals surface area contributed by atoms with Gasteiger partial charge in [0.2, 0.25) is 0 Å². The number of nitrogens with zero attached hydrogens (tertiary/aromatic N) is 5. The fourth-order valence-electron chi connectivity index (χ4n) is 3.15. The van der Waals surface area contributed by atoms with Crippen LogP contribution in [-0.4, -0.2) is 87.1 Å². The second-order valence-corrected chi connectivity index (χ2v) is 7.49. The molecule has 11 heteroatoms. The van der Waals surface area contributed by atoms with Crippen LogP contribution in [0, 0.1) is 0 Å². The Kier molecular flexibility index (Phi) is 5.84. The summed E-state index contributed by atoms with van der Waals surface area (Å²) >= 11 is -2.22. The lowest BCUT2D eigenvalue weighted by Crippen LogP contribution is -2.51. The topological polar surface area (TPSA) is 108 Å². The summed E-state index contributed by atoms with van der Waals surface area (Å²) in [6.45, 7) is 4.01. The highest BCUT2D eigenvalue weighted by Crippen LogP contribution is 2.25. The molecule has 2 aromatic heterocycles. The number of hydrogen-bond acceptors (Lipinski definition) is 6. The van der Waals surface area contributed by atoms with E-state index in [2.05, 4.69) is 5.10 Å². The second-order valence-electron chi connectivity index (χ2n) is 6.53. The third kappa shape index (κ3) is 3.80. The van der Waals surface area contributed by atoms with Gasteiger partial charge in [-0.15, -0.1) is 0 Å². The van der Waals surface area contributed by atoms with E-state index >= 15 is 0 Å². The first-order valence-electron chi connectivity index (χ1n) is 8.84. The molecular formula is C17H23N5O5S. The van der Waals surface area contributed by atoms with E-state index in [-0.39, 0.29) is 23.1 Å². The standard InChI is InChI=1S/C17H23N5O5S/c1-4-27-16(23)13-11-18-22-14(13)9-12(28(25)26)10-15(22)20-5-7-21(8-6-20)17(24)19(2)3/h9-11H,4-8H2,1-3H3,(H,25,26). The zero-order chi connectivity index (χ0) is 20.4. The van der Waals surface area contributed by atoms with Crippen molar-refractivity contribution in [1.29, 1.82) is 0 Å². The number of pyridine rings is 1. The molecule has 0 saturated carbocycles. The monoisotopic (exact) mass is 409 g/mol. The lowest BCUT2D eigenvalue weighted by Gasteiger charge is -2.37. The van der Waals surface area contributed by atoms with E-state index in [1.54, 1.807) is 36.5 Å². The first-order chi connectivity index (χ1) is 13.3. The third-order valence-electron chi connectivity index (χ3n) is 4.53. The number of anilines is 1. The minimum atomic E-state index is -2.22. The Bertz CT molecular complexity index is 920. The van der Waals surface area contributed by atoms with Crippen LogP contribution in [0.1, 0.15) is 17.3 Å². The van der Waals surface area contributed by atoms with Gasteiger partial charge >= 0.3 is 12.0 Å². The van der Waals surface area contributed by atoms with Gasteiger partial charge in [-0.2, -0.15) is 5.10 Å². The summed E-state index contributed by atoms with van der Waals surface area (Å²) in [7, 11) is 3.41. The van der Waals surface area contributed by atoms with Crippen molar-refractivity contribution in [3.63, 3.8) is 0 Å².